The first-order chi connectivity index (χ1) is 10.1. The van der Waals surface area contributed by atoms with Gasteiger partial charge in [-0.15, -0.1) is 11.3 Å². The SMILES string of the molecule is CCc1cc2c(Nc3cc(Br)ccc3C)nc(N)nc2s1. The molecule has 21 heavy (non-hydrogen) atoms. The molecule has 2 heterocycles. The van der Waals surface area contributed by atoms with Gasteiger partial charge in [-0.2, -0.15) is 4.98 Å². The van der Waals surface area contributed by atoms with Gasteiger partial charge in [-0.1, -0.05) is 28.9 Å². The highest BCUT2D eigenvalue weighted by Crippen LogP contribution is 2.32. The zero-order valence-corrected chi connectivity index (χ0v) is 14.2. The molecule has 0 radical (unpaired) electrons. The number of rotatable bonds is 3. The summed E-state index contributed by atoms with van der Waals surface area (Å²) in [5, 5.41) is 4.40. The van der Waals surface area contributed by atoms with E-state index in [4.69, 9.17) is 5.73 Å². The first-order valence-corrected chi connectivity index (χ1v) is 8.27. The average Bonchev–Trinajstić information content (AvgIpc) is 2.86. The summed E-state index contributed by atoms with van der Waals surface area (Å²) in [6.45, 7) is 4.19. The number of aromatic nitrogens is 2. The minimum Gasteiger partial charge on any atom is -0.368 e. The third-order valence-electron chi connectivity index (χ3n) is 3.26. The van der Waals surface area contributed by atoms with Gasteiger partial charge >= 0.3 is 0 Å². The van der Waals surface area contributed by atoms with Crippen LogP contribution in [-0.4, -0.2) is 9.97 Å². The van der Waals surface area contributed by atoms with E-state index < -0.39 is 0 Å². The van der Waals surface area contributed by atoms with E-state index in [2.05, 4.69) is 57.2 Å². The van der Waals surface area contributed by atoms with Gasteiger partial charge in [0, 0.05) is 15.0 Å². The molecule has 0 atom stereocenters. The molecule has 3 aromatic rings. The number of benzene rings is 1. The fourth-order valence-electron chi connectivity index (χ4n) is 2.11. The Balaban J connectivity index is 2.11. The van der Waals surface area contributed by atoms with E-state index in [-0.39, 0.29) is 0 Å². The molecular formula is C15H15BrN4S. The smallest absolute Gasteiger partial charge is 0.223 e. The number of aryl methyl sites for hydroxylation is 2. The molecule has 0 fully saturated rings. The number of halogens is 1. The van der Waals surface area contributed by atoms with E-state index in [1.165, 1.54) is 4.88 Å². The Bertz CT molecular complexity index is 813. The van der Waals surface area contributed by atoms with Gasteiger partial charge in [-0.05, 0) is 37.1 Å². The lowest BCUT2D eigenvalue weighted by molar-refractivity contribution is 1.19. The van der Waals surface area contributed by atoms with Crippen LogP contribution in [0.2, 0.25) is 0 Å². The molecule has 1 aromatic carbocycles. The summed E-state index contributed by atoms with van der Waals surface area (Å²) in [5.41, 5.74) is 7.99. The van der Waals surface area contributed by atoms with Gasteiger partial charge in [0.25, 0.3) is 0 Å². The molecule has 0 saturated heterocycles. The number of fused-ring (bicyclic) bond motifs is 1. The minimum atomic E-state index is 0.294. The molecule has 3 N–H and O–H groups in total. The number of nitrogens with two attached hydrogens (primary N) is 1. The number of nitrogen functional groups attached to an aromatic ring is 1. The van der Waals surface area contributed by atoms with Crippen molar-refractivity contribution in [3.05, 3.63) is 39.2 Å². The van der Waals surface area contributed by atoms with Gasteiger partial charge in [0.05, 0.1) is 5.39 Å². The fourth-order valence-corrected chi connectivity index (χ4v) is 3.45. The van der Waals surface area contributed by atoms with Crippen LogP contribution < -0.4 is 11.1 Å². The van der Waals surface area contributed by atoms with Gasteiger partial charge in [-0.25, -0.2) is 4.98 Å². The van der Waals surface area contributed by atoms with Crippen LogP contribution in [0.5, 0.6) is 0 Å². The second kappa shape index (κ2) is 5.61. The molecule has 0 spiro atoms. The summed E-state index contributed by atoms with van der Waals surface area (Å²) in [6, 6.07) is 8.24. The second-order valence-electron chi connectivity index (χ2n) is 4.80. The molecule has 3 rings (SSSR count). The Morgan fingerprint density at radius 2 is 2.10 bits per heavy atom. The lowest BCUT2D eigenvalue weighted by atomic mass is 10.2. The normalized spacial score (nSPS) is 11.0. The maximum absolute atomic E-state index is 5.83. The first-order valence-electron chi connectivity index (χ1n) is 6.66. The van der Waals surface area contributed by atoms with Crippen LogP contribution in [0.1, 0.15) is 17.4 Å². The monoisotopic (exact) mass is 362 g/mol. The third kappa shape index (κ3) is 2.87. The van der Waals surface area contributed by atoms with Crippen LogP contribution in [0.3, 0.4) is 0 Å². The number of anilines is 3. The van der Waals surface area contributed by atoms with Crippen LogP contribution in [-0.2, 0) is 6.42 Å². The summed E-state index contributed by atoms with van der Waals surface area (Å²) >= 11 is 5.16. The highest BCUT2D eigenvalue weighted by Gasteiger charge is 2.11. The average molecular weight is 363 g/mol. The molecule has 108 valence electrons. The molecule has 6 heteroatoms. The predicted octanol–water partition coefficient (Wildman–Crippen LogP) is 4.65. The zero-order valence-electron chi connectivity index (χ0n) is 11.8. The van der Waals surface area contributed by atoms with Crippen LogP contribution >= 0.6 is 27.3 Å². The Morgan fingerprint density at radius 3 is 2.86 bits per heavy atom. The summed E-state index contributed by atoms with van der Waals surface area (Å²) in [5.74, 6) is 1.05. The van der Waals surface area contributed by atoms with Crippen molar-refractivity contribution >= 4 is 54.9 Å². The largest absolute Gasteiger partial charge is 0.368 e. The van der Waals surface area contributed by atoms with Gasteiger partial charge in [0.2, 0.25) is 5.95 Å². The quantitative estimate of drug-likeness (QED) is 0.711. The van der Waals surface area contributed by atoms with Crippen molar-refractivity contribution in [2.75, 3.05) is 11.1 Å². The highest BCUT2D eigenvalue weighted by atomic mass is 79.9. The highest BCUT2D eigenvalue weighted by molar-refractivity contribution is 9.10. The predicted molar refractivity (Wildman–Crippen MR) is 93.4 cm³/mol. The molecule has 0 amide bonds. The van der Waals surface area contributed by atoms with Crippen molar-refractivity contribution in [3.63, 3.8) is 0 Å². The second-order valence-corrected chi connectivity index (χ2v) is 6.83. The lowest BCUT2D eigenvalue weighted by Gasteiger charge is -2.10. The summed E-state index contributed by atoms with van der Waals surface area (Å²) < 4.78 is 1.02. The molecule has 0 aliphatic carbocycles. The minimum absolute atomic E-state index is 0.294. The number of nitrogens with zero attached hydrogens (tertiary/aromatic N) is 2. The van der Waals surface area contributed by atoms with E-state index in [1.54, 1.807) is 11.3 Å². The van der Waals surface area contributed by atoms with Crippen molar-refractivity contribution in [1.29, 1.82) is 0 Å². The maximum atomic E-state index is 5.83. The first kappa shape index (κ1) is 14.3. The van der Waals surface area contributed by atoms with Gasteiger partial charge in [0.15, 0.2) is 0 Å². The summed E-state index contributed by atoms with van der Waals surface area (Å²) in [7, 11) is 0. The molecular weight excluding hydrogens is 348 g/mol. The van der Waals surface area contributed by atoms with Crippen molar-refractivity contribution in [2.45, 2.75) is 20.3 Å². The number of hydrogen-bond donors (Lipinski definition) is 2. The van der Waals surface area contributed by atoms with Crippen LogP contribution in [0, 0.1) is 6.92 Å². The van der Waals surface area contributed by atoms with Crippen molar-refractivity contribution in [2.24, 2.45) is 0 Å². The van der Waals surface area contributed by atoms with E-state index >= 15 is 0 Å². The van der Waals surface area contributed by atoms with Gasteiger partial charge in [0.1, 0.15) is 10.6 Å². The molecule has 0 saturated carbocycles. The van der Waals surface area contributed by atoms with E-state index in [0.717, 1.165) is 38.2 Å². The van der Waals surface area contributed by atoms with Crippen molar-refractivity contribution in [3.8, 4) is 0 Å². The Hall–Kier alpha value is -1.66. The summed E-state index contributed by atoms with van der Waals surface area (Å²) in [6.07, 6.45) is 0.982. The van der Waals surface area contributed by atoms with Crippen LogP contribution in [0.4, 0.5) is 17.5 Å². The molecule has 0 aliphatic heterocycles. The lowest BCUT2D eigenvalue weighted by Crippen LogP contribution is -2.01. The molecule has 0 bridgehead atoms. The van der Waals surface area contributed by atoms with E-state index in [0.29, 0.717) is 5.95 Å². The number of hydrogen-bond acceptors (Lipinski definition) is 5. The van der Waals surface area contributed by atoms with Crippen LogP contribution in [0.25, 0.3) is 10.2 Å². The van der Waals surface area contributed by atoms with Crippen LogP contribution in [0.15, 0.2) is 28.7 Å². The molecule has 0 unspecified atom stereocenters. The van der Waals surface area contributed by atoms with E-state index in [9.17, 15) is 0 Å². The molecule has 2 aromatic heterocycles. The Labute approximate surface area is 135 Å². The zero-order chi connectivity index (χ0) is 15.0. The van der Waals surface area contributed by atoms with Crippen molar-refractivity contribution < 1.29 is 0 Å². The number of nitrogens with one attached hydrogen (secondary N) is 1. The van der Waals surface area contributed by atoms with Crippen molar-refractivity contribution in [1.82, 2.24) is 9.97 Å². The summed E-state index contributed by atoms with van der Waals surface area (Å²) in [4.78, 5) is 10.9. The molecule has 0 aliphatic rings. The topological polar surface area (TPSA) is 63.8 Å². The third-order valence-corrected chi connectivity index (χ3v) is 4.93. The van der Waals surface area contributed by atoms with Gasteiger partial charge < -0.3 is 11.1 Å². The maximum Gasteiger partial charge on any atom is 0.223 e. The standard InChI is InChI=1S/C15H15BrN4S/c1-3-10-7-11-13(19-15(17)20-14(11)21-10)18-12-6-9(16)5-4-8(12)2/h4-7H,3H2,1-2H3,(H3,17,18,19,20). The Morgan fingerprint density at radius 1 is 1.29 bits per heavy atom. The van der Waals surface area contributed by atoms with Gasteiger partial charge in [-0.3, -0.25) is 0 Å². The fraction of sp³-hybridized carbons (Fsp3) is 0.200. The Kier molecular flexibility index (Phi) is 3.82. The molecule has 4 nitrogen and oxygen atoms in total. The van der Waals surface area contributed by atoms with E-state index in [1.807, 2.05) is 12.1 Å². The number of thiophene rings is 1.